The molecule has 1 aromatic rings. The Morgan fingerprint density at radius 1 is 1.25 bits per heavy atom. The van der Waals surface area contributed by atoms with E-state index in [2.05, 4.69) is 4.72 Å². The summed E-state index contributed by atoms with van der Waals surface area (Å²) in [5, 5.41) is 9.24. The summed E-state index contributed by atoms with van der Waals surface area (Å²) in [5.41, 5.74) is 0.939. The zero-order valence-corrected chi connectivity index (χ0v) is 13.0. The summed E-state index contributed by atoms with van der Waals surface area (Å²) in [7, 11) is -3.42. The van der Waals surface area contributed by atoms with E-state index in [1.54, 1.807) is 24.3 Å². The Morgan fingerprint density at radius 3 is 2.60 bits per heavy atom. The molecule has 1 unspecified atom stereocenters. The fourth-order valence-electron chi connectivity index (χ4n) is 2.22. The van der Waals surface area contributed by atoms with Crippen LogP contribution in [0.5, 0.6) is 0 Å². The van der Waals surface area contributed by atoms with Crippen molar-refractivity contribution < 1.29 is 13.5 Å². The highest BCUT2D eigenvalue weighted by atomic mass is 32.2. The maximum absolute atomic E-state index is 12.2. The summed E-state index contributed by atoms with van der Waals surface area (Å²) in [6.07, 6.45) is 4.06. The second kappa shape index (κ2) is 7.45. The molecule has 1 aliphatic rings. The SMILES string of the molecule is O=S(=O)(NCC1CCCCS1)c1ccc(CCO)cc1. The van der Waals surface area contributed by atoms with Gasteiger partial charge in [-0.3, -0.25) is 0 Å². The second-order valence-corrected chi connectivity index (χ2v) is 8.13. The van der Waals surface area contributed by atoms with Gasteiger partial charge in [-0.1, -0.05) is 18.6 Å². The summed E-state index contributed by atoms with van der Waals surface area (Å²) in [6, 6.07) is 6.70. The second-order valence-electron chi connectivity index (χ2n) is 4.96. The quantitative estimate of drug-likeness (QED) is 0.840. The highest BCUT2D eigenvalue weighted by molar-refractivity contribution is 8.00. The van der Waals surface area contributed by atoms with Gasteiger partial charge in [-0.2, -0.15) is 11.8 Å². The van der Waals surface area contributed by atoms with Crippen LogP contribution in [-0.4, -0.2) is 37.7 Å². The summed E-state index contributed by atoms with van der Waals surface area (Å²) in [5.74, 6) is 1.13. The van der Waals surface area contributed by atoms with E-state index in [0.717, 1.165) is 17.7 Å². The Labute approximate surface area is 125 Å². The minimum atomic E-state index is -3.42. The molecular weight excluding hydrogens is 294 g/mol. The fraction of sp³-hybridized carbons (Fsp3) is 0.571. The van der Waals surface area contributed by atoms with Crippen molar-refractivity contribution in [3.8, 4) is 0 Å². The summed E-state index contributed by atoms with van der Waals surface area (Å²) in [6.45, 7) is 0.578. The first-order chi connectivity index (χ1) is 9.62. The van der Waals surface area contributed by atoms with E-state index in [4.69, 9.17) is 5.11 Å². The van der Waals surface area contributed by atoms with Crippen molar-refractivity contribution in [2.24, 2.45) is 0 Å². The Morgan fingerprint density at radius 2 is 2.00 bits per heavy atom. The van der Waals surface area contributed by atoms with Crippen LogP contribution < -0.4 is 4.72 Å². The van der Waals surface area contributed by atoms with Crippen molar-refractivity contribution in [3.63, 3.8) is 0 Å². The third-order valence-electron chi connectivity index (χ3n) is 3.41. The predicted octanol–water partition coefficient (Wildman–Crippen LogP) is 1.79. The van der Waals surface area contributed by atoms with Crippen molar-refractivity contribution >= 4 is 21.8 Å². The molecule has 20 heavy (non-hydrogen) atoms. The molecule has 0 amide bonds. The van der Waals surface area contributed by atoms with Gasteiger partial charge in [-0.25, -0.2) is 13.1 Å². The maximum atomic E-state index is 12.2. The Hall–Kier alpha value is -0.560. The van der Waals surface area contributed by atoms with Crippen LogP contribution in [-0.2, 0) is 16.4 Å². The minimum Gasteiger partial charge on any atom is -0.396 e. The molecular formula is C14H21NO3S2. The van der Waals surface area contributed by atoms with E-state index < -0.39 is 10.0 Å². The van der Waals surface area contributed by atoms with Gasteiger partial charge in [0.15, 0.2) is 0 Å². The topological polar surface area (TPSA) is 66.4 Å². The molecule has 0 spiro atoms. The molecule has 2 N–H and O–H groups in total. The molecule has 112 valence electrons. The summed E-state index contributed by atoms with van der Waals surface area (Å²) in [4.78, 5) is 0.292. The largest absolute Gasteiger partial charge is 0.396 e. The van der Waals surface area contributed by atoms with Crippen LogP contribution >= 0.6 is 11.8 Å². The molecule has 0 radical (unpaired) electrons. The van der Waals surface area contributed by atoms with E-state index in [9.17, 15) is 8.42 Å². The number of thioether (sulfide) groups is 1. The lowest BCUT2D eigenvalue weighted by molar-refractivity contribution is 0.299. The van der Waals surface area contributed by atoms with E-state index in [1.807, 2.05) is 11.8 Å². The highest BCUT2D eigenvalue weighted by Crippen LogP contribution is 2.24. The van der Waals surface area contributed by atoms with Gasteiger partial charge >= 0.3 is 0 Å². The number of rotatable bonds is 6. The van der Waals surface area contributed by atoms with Crippen LogP contribution in [0.3, 0.4) is 0 Å². The van der Waals surface area contributed by atoms with Gasteiger partial charge in [-0.05, 0) is 42.7 Å². The lowest BCUT2D eigenvalue weighted by Crippen LogP contribution is -2.32. The Bertz CT molecular complexity index is 508. The molecule has 0 aliphatic carbocycles. The highest BCUT2D eigenvalue weighted by Gasteiger charge is 2.19. The van der Waals surface area contributed by atoms with E-state index in [1.165, 1.54) is 12.8 Å². The van der Waals surface area contributed by atoms with Crippen molar-refractivity contribution in [2.45, 2.75) is 35.8 Å². The van der Waals surface area contributed by atoms with Crippen LogP contribution in [0.4, 0.5) is 0 Å². The Balaban J connectivity index is 1.94. The third kappa shape index (κ3) is 4.48. The molecule has 1 heterocycles. The molecule has 2 rings (SSSR count). The van der Waals surface area contributed by atoms with Gasteiger partial charge in [0.25, 0.3) is 0 Å². The maximum Gasteiger partial charge on any atom is 0.240 e. The van der Waals surface area contributed by atoms with Crippen LogP contribution in [0.15, 0.2) is 29.2 Å². The number of aliphatic hydroxyl groups excluding tert-OH is 1. The number of nitrogens with one attached hydrogen (secondary N) is 1. The minimum absolute atomic E-state index is 0.0727. The molecule has 1 aliphatic heterocycles. The van der Waals surface area contributed by atoms with Crippen LogP contribution in [0.2, 0.25) is 0 Å². The summed E-state index contributed by atoms with van der Waals surface area (Å²) < 4.78 is 27.0. The molecule has 1 aromatic carbocycles. The van der Waals surface area contributed by atoms with Gasteiger partial charge in [0, 0.05) is 18.4 Å². The van der Waals surface area contributed by atoms with Crippen LogP contribution in [0.1, 0.15) is 24.8 Å². The van der Waals surface area contributed by atoms with Crippen LogP contribution in [0.25, 0.3) is 0 Å². The van der Waals surface area contributed by atoms with Crippen LogP contribution in [0, 0.1) is 0 Å². The monoisotopic (exact) mass is 315 g/mol. The normalized spacial score (nSPS) is 19.9. The lowest BCUT2D eigenvalue weighted by atomic mass is 10.2. The molecule has 6 heteroatoms. The zero-order valence-electron chi connectivity index (χ0n) is 11.4. The standard InChI is InChI=1S/C14H21NO3S2/c16-9-8-12-4-6-14(7-5-12)20(17,18)15-11-13-3-1-2-10-19-13/h4-7,13,15-16H,1-3,8-11H2. The van der Waals surface area contributed by atoms with Crippen molar-refractivity contribution in [1.82, 2.24) is 4.72 Å². The molecule has 1 saturated heterocycles. The average Bonchev–Trinajstić information content (AvgIpc) is 2.47. The van der Waals surface area contributed by atoms with Crippen molar-refractivity contribution in [3.05, 3.63) is 29.8 Å². The number of aliphatic hydroxyl groups is 1. The molecule has 0 saturated carbocycles. The van der Waals surface area contributed by atoms with Gasteiger partial charge < -0.3 is 5.11 Å². The smallest absolute Gasteiger partial charge is 0.240 e. The molecule has 4 nitrogen and oxygen atoms in total. The number of sulfonamides is 1. The molecule has 0 bridgehead atoms. The van der Waals surface area contributed by atoms with Gasteiger partial charge in [0.05, 0.1) is 4.90 Å². The fourth-order valence-corrected chi connectivity index (χ4v) is 4.64. The van der Waals surface area contributed by atoms with E-state index in [0.29, 0.717) is 23.1 Å². The number of hydrogen-bond donors (Lipinski definition) is 2. The van der Waals surface area contributed by atoms with Crippen molar-refractivity contribution in [1.29, 1.82) is 0 Å². The average molecular weight is 315 g/mol. The number of hydrogen-bond acceptors (Lipinski definition) is 4. The predicted molar refractivity (Wildman–Crippen MR) is 82.5 cm³/mol. The van der Waals surface area contributed by atoms with Gasteiger partial charge in [0.1, 0.15) is 0 Å². The molecule has 1 fully saturated rings. The molecule has 0 aromatic heterocycles. The lowest BCUT2D eigenvalue weighted by Gasteiger charge is -2.21. The van der Waals surface area contributed by atoms with E-state index >= 15 is 0 Å². The van der Waals surface area contributed by atoms with Gasteiger partial charge in [0.2, 0.25) is 10.0 Å². The first-order valence-electron chi connectivity index (χ1n) is 6.93. The summed E-state index contributed by atoms with van der Waals surface area (Å²) >= 11 is 1.85. The first kappa shape index (κ1) is 15.8. The van der Waals surface area contributed by atoms with Crippen molar-refractivity contribution in [2.75, 3.05) is 18.9 Å². The Kier molecular flexibility index (Phi) is 5.89. The van der Waals surface area contributed by atoms with E-state index in [-0.39, 0.29) is 6.61 Å². The third-order valence-corrected chi connectivity index (χ3v) is 6.25. The molecule has 1 atom stereocenters. The zero-order chi connectivity index (χ0) is 14.4. The first-order valence-corrected chi connectivity index (χ1v) is 9.46. The number of benzene rings is 1. The van der Waals surface area contributed by atoms with Gasteiger partial charge in [-0.15, -0.1) is 0 Å².